The summed E-state index contributed by atoms with van der Waals surface area (Å²) in [5.41, 5.74) is 1.66. The molecule has 6 rings (SSSR count). The molecule has 0 radical (unpaired) electrons. The zero-order valence-electron chi connectivity index (χ0n) is 22.5. The molecule has 4 aromatic carbocycles. The van der Waals surface area contributed by atoms with E-state index in [0.717, 1.165) is 0 Å². The monoisotopic (exact) mass is 571 g/mol. The molecule has 5 aromatic rings. The minimum atomic E-state index is -0.792. The van der Waals surface area contributed by atoms with E-state index in [9.17, 15) is 9.59 Å². The standard InChI is InChI=1S/C34H23F2N5O2/c35-27-25(21-13-5-1-6-14-21)29(38-31(27)40-33(42)23-17-9-3-10-18-23)37-30-26(22-15-7-2-8-16-22)28(36)32(39-30)41-34(43)24-19-11-4-12-20-24/h1-20,38H,(H,40,42)(H,37,39,41,43). The van der Waals surface area contributed by atoms with Crippen molar-refractivity contribution < 1.29 is 18.4 Å². The molecule has 2 amide bonds. The predicted octanol–water partition coefficient (Wildman–Crippen LogP) is 7.33. The second-order valence-corrected chi connectivity index (χ2v) is 9.49. The maximum Gasteiger partial charge on any atom is 0.256 e. The lowest BCUT2D eigenvalue weighted by Crippen LogP contribution is -2.30. The van der Waals surface area contributed by atoms with Crippen LogP contribution in [-0.2, 0) is 0 Å². The number of hydrogen-bond acceptors (Lipinski definition) is 3. The van der Waals surface area contributed by atoms with Gasteiger partial charge in [-0.15, -0.1) is 0 Å². The fraction of sp³-hybridized carbons (Fsp3) is 0. The molecular weight excluding hydrogens is 548 g/mol. The zero-order valence-corrected chi connectivity index (χ0v) is 22.5. The van der Waals surface area contributed by atoms with Crippen molar-refractivity contribution in [2.45, 2.75) is 0 Å². The van der Waals surface area contributed by atoms with Crippen molar-refractivity contribution in [1.29, 1.82) is 0 Å². The van der Waals surface area contributed by atoms with Crippen LogP contribution in [0.4, 0.5) is 20.4 Å². The number of anilines is 1. The molecule has 0 saturated carbocycles. The summed E-state index contributed by atoms with van der Waals surface area (Å²) < 4.78 is 31.9. The Morgan fingerprint density at radius 3 is 1.70 bits per heavy atom. The maximum absolute atomic E-state index is 16.0. The van der Waals surface area contributed by atoms with Gasteiger partial charge in [0, 0.05) is 11.1 Å². The summed E-state index contributed by atoms with van der Waals surface area (Å²) >= 11 is 0. The molecule has 0 fully saturated rings. The lowest BCUT2D eigenvalue weighted by molar-refractivity contribution is 0.0975. The number of H-pyrrole nitrogens is 1. The molecule has 7 nitrogen and oxygen atoms in total. The first-order valence-corrected chi connectivity index (χ1v) is 13.3. The van der Waals surface area contributed by atoms with Crippen molar-refractivity contribution >= 4 is 40.7 Å². The number of amidine groups is 2. The fourth-order valence-corrected chi connectivity index (χ4v) is 4.61. The van der Waals surface area contributed by atoms with E-state index in [0.29, 0.717) is 22.3 Å². The Balaban J connectivity index is 1.45. The third-order valence-corrected chi connectivity index (χ3v) is 6.67. The molecule has 0 bridgehead atoms. The van der Waals surface area contributed by atoms with Gasteiger partial charge in [0.15, 0.2) is 23.3 Å². The van der Waals surface area contributed by atoms with E-state index in [2.05, 4.69) is 25.6 Å². The summed E-state index contributed by atoms with van der Waals surface area (Å²) in [5, 5.41) is 5.09. The number of aliphatic imine (C=N–C) groups is 2. The SMILES string of the molecule is O=C(NC1=NC(=Nc2[nH]c(NC(=O)c3ccccc3)c(F)c2-c2ccccc2)C(c2ccccc2)=C1F)c1ccccc1. The van der Waals surface area contributed by atoms with E-state index < -0.39 is 23.5 Å². The second-order valence-electron chi connectivity index (χ2n) is 9.49. The van der Waals surface area contributed by atoms with Gasteiger partial charge in [-0.05, 0) is 35.4 Å². The van der Waals surface area contributed by atoms with Gasteiger partial charge in [-0.1, -0.05) is 97.1 Å². The third-order valence-electron chi connectivity index (χ3n) is 6.67. The number of hydrogen-bond donors (Lipinski definition) is 3. The van der Waals surface area contributed by atoms with E-state index in [1.165, 1.54) is 0 Å². The summed E-state index contributed by atoms with van der Waals surface area (Å²) in [6, 6.07) is 34.0. The molecule has 0 aliphatic carbocycles. The highest BCUT2D eigenvalue weighted by Gasteiger charge is 2.30. The summed E-state index contributed by atoms with van der Waals surface area (Å²) in [6.45, 7) is 0. The molecule has 210 valence electrons. The minimum absolute atomic E-state index is 0.00248. The lowest BCUT2D eigenvalue weighted by Gasteiger charge is -2.05. The van der Waals surface area contributed by atoms with E-state index in [1.807, 2.05) is 0 Å². The van der Waals surface area contributed by atoms with Crippen LogP contribution in [0.1, 0.15) is 26.3 Å². The van der Waals surface area contributed by atoms with Gasteiger partial charge in [0.2, 0.25) is 0 Å². The van der Waals surface area contributed by atoms with Crippen LogP contribution in [0.5, 0.6) is 0 Å². The number of nitrogens with zero attached hydrogens (tertiary/aromatic N) is 2. The molecule has 1 aromatic heterocycles. The average Bonchev–Trinajstić information content (AvgIpc) is 3.52. The van der Waals surface area contributed by atoms with E-state index in [4.69, 9.17) is 0 Å². The third kappa shape index (κ3) is 5.64. The highest BCUT2D eigenvalue weighted by atomic mass is 19.1. The highest BCUT2D eigenvalue weighted by molar-refractivity contribution is 6.38. The molecule has 2 heterocycles. The Kier molecular flexibility index (Phi) is 7.52. The number of carbonyl (C=O) groups is 2. The molecule has 9 heteroatoms. The van der Waals surface area contributed by atoms with Crippen LogP contribution in [-0.4, -0.2) is 28.5 Å². The highest BCUT2D eigenvalue weighted by Crippen LogP contribution is 2.39. The first kappa shape index (κ1) is 27.2. The van der Waals surface area contributed by atoms with Crippen molar-refractivity contribution in [2.75, 3.05) is 5.32 Å². The number of amides is 2. The van der Waals surface area contributed by atoms with Gasteiger partial charge in [-0.3, -0.25) is 9.59 Å². The molecule has 1 aliphatic heterocycles. The molecule has 0 unspecified atom stereocenters. The Labute approximate surface area is 245 Å². The normalized spacial score (nSPS) is 13.6. The van der Waals surface area contributed by atoms with Crippen LogP contribution < -0.4 is 10.6 Å². The number of carbonyl (C=O) groups excluding carboxylic acids is 2. The average molecular weight is 572 g/mol. The first-order valence-electron chi connectivity index (χ1n) is 13.3. The number of aromatic nitrogens is 1. The number of benzene rings is 4. The van der Waals surface area contributed by atoms with Crippen LogP contribution in [0.2, 0.25) is 0 Å². The van der Waals surface area contributed by atoms with E-state index >= 15 is 8.78 Å². The van der Waals surface area contributed by atoms with Crippen molar-refractivity contribution in [3.05, 3.63) is 150 Å². The number of halogens is 2. The molecule has 0 spiro atoms. The quantitative estimate of drug-likeness (QED) is 0.199. The van der Waals surface area contributed by atoms with Gasteiger partial charge < -0.3 is 15.6 Å². The van der Waals surface area contributed by atoms with Crippen LogP contribution in [0.15, 0.2) is 137 Å². The van der Waals surface area contributed by atoms with Crippen LogP contribution in [0.3, 0.4) is 0 Å². The predicted molar refractivity (Wildman–Crippen MR) is 163 cm³/mol. The second kappa shape index (κ2) is 11.9. The maximum atomic E-state index is 16.0. The largest absolute Gasteiger partial charge is 0.323 e. The minimum Gasteiger partial charge on any atom is -0.323 e. The Bertz CT molecular complexity index is 1900. The Morgan fingerprint density at radius 2 is 1.14 bits per heavy atom. The van der Waals surface area contributed by atoms with Crippen molar-refractivity contribution in [2.24, 2.45) is 9.98 Å². The molecule has 43 heavy (non-hydrogen) atoms. The van der Waals surface area contributed by atoms with E-state index in [1.54, 1.807) is 121 Å². The van der Waals surface area contributed by atoms with Gasteiger partial charge in [-0.25, -0.2) is 18.8 Å². The number of rotatable bonds is 6. The van der Waals surface area contributed by atoms with Gasteiger partial charge in [0.25, 0.3) is 11.8 Å². The molecule has 0 atom stereocenters. The van der Waals surface area contributed by atoms with Crippen molar-refractivity contribution in [3.8, 4) is 11.1 Å². The van der Waals surface area contributed by atoms with Crippen LogP contribution >= 0.6 is 0 Å². The molecule has 3 N–H and O–H groups in total. The summed E-state index contributed by atoms with van der Waals surface area (Å²) in [5.74, 6) is -3.24. The summed E-state index contributed by atoms with van der Waals surface area (Å²) in [4.78, 5) is 37.4. The van der Waals surface area contributed by atoms with Crippen LogP contribution in [0, 0.1) is 5.82 Å². The summed E-state index contributed by atoms with van der Waals surface area (Å²) in [6.07, 6.45) is 0. The molecule has 0 saturated heterocycles. The fourth-order valence-electron chi connectivity index (χ4n) is 4.61. The summed E-state index contributed by atoms with van der Waals surface area (Å²) in [7, 11) is 0. The smallest absolute Gasteiger partial charge is 0.256 e. The Morgan fingerprint density at radius 1 is 0.651 bits per heavy atom. The van der Waals surface area contributed by atoms with Gasteiger partial charge in [0.05, 0.1) is 11.1 Å². The van der Waals surface area contributed by atoms with Crippen molar-refractivity contribution in [3.63, 3.8) is 0 Å². The Hall–Kier alpha value is -5.96. The van der Waals surface area contributed by atoms with E-state index in [-0.39, 0.29) is 34.4 Å². The number of nitrogens with one attached hydrogen (secondary N) is 3. The first-order chi connectivity index (χ1) is 21.0. The number of aromatic amines is 1. The van der Waals surface area contributed by atoms with Crippen molar-refractivity contribution in [1.82, 2.24) is 10.3 Å². The lowest BCUT2D eigenvalue weighted by atomic mass is 10.0. The van der Waals surface area contributed by atoms with Gasteiger partial charge in [-0.2, -0.15) is 0 Å². The zero-order chi connectivity index (χ0) is 29.8. The topological polar surface area (TPSA) is 98.7 Å². The van der Waals surface area contributed by atoms with Gasteiger partial charge in [0.1, 0.15) is 11.6 Å². The molecule has 1 aliphatic rings. The molecular formula is C34H23F2N5O2. The van der Waals surface area contributed by atoms with Gasteiger partial charge >= 0.3 is 0 Å². The van der Waals surface area contributed by atoms with Crippen LogP contribution in [0.25, 0.3) is 16.7 Å².